The van der Waals surface area contributed by atoms with Gasteiger partial charge in [-0.05, 0) is 30.3 Å². The van der Waals surface area contributed by atoms with Crippen LogP contribution in [-0.4, -0.2) is 54.7 Å². The number of phenolic OH excluding ortho intramolecular Hbond substituents is 1. The Labute approximate surface area is 180 Å². The molecule has 0 fully saturated rings. The quantitative estimate of drug-likeness (QED) is 0.293. The standard InChI is InChI=1S/C24H26N2O5/c1-29-20-8-4-5-9-21(20)30-13-12-25-14-16(27)15-31-22-11-10-19(28)24-23(22)17-6-2-3-7-18(17)26-24/h2-11,16,25-28H,12-15H2,1H3. The number of aliphatic hydroxyl groups is 1. The summed E-state index contributed by atoms with van der Waals surface area (Å²) in [4.78, 5) is 3.22. The molecule has 0 saturated carbocycles. The Hall–Kier alpha value is -3.42. The molecule has 1 atom stereocenters. The van der Waals surface area contributed by atoms with Crippen LogP contribution in [0.1, 0.15) is 0 Å². The SMILES string of the molecule is COc1ccccc1OCCNCC(O)COc1ccc(O)c2[nH]c3ccccc3c12. The van der Waals surface area contributed by atoms with E-state index in [9.17, 15) is 10.2 Å². The molecule has 0 amide bonds. The molecule has 0 aliphatic heterocycles. The van der Waals surface area contributed by atoms with Crippen molar-refractivity contribution in [2.75, 3.05) is 33.4 Å². The van der Waals surface area contributed by atoms with Gasteiger partial charge in [0.2, 0.25) is 0 Å². The maximum absolute atomic E-state index is 10.3. The number of phenols is 1. The number of aromatic amines is 1. The summed E-state index contributed by atoms with van der Waals surface area (Å²) in [6.07, 6.45) is -0.694. The first-order valence-electron chi connectivity index (χ1n) is 10.2. The number of nitrogens with one attached hydrogen (secondary N) is 2. The van der Waals surface area contributed by atoms with E-state index in [-0.39, 0.29) is 12.4 Å². The molecule has 1 unspecified atom stereocenters. The van der Waals surface area contributed by atoms with Crippen LogP contribution in [0, 0.1) is 0 Å². The van der Waals surface area contributed by atoms with Crippen LogP contribution in [0.2, 0.25) is 0 Å². The minimum Gasteiger partial charge on any atom is -0.506 e. The Morgan fingerprint density at radius 1 is 0.935 bits per heavy atom. The molecular weight excluding hydrogens is 396 g/mol. The second-order valence-corrected chi connectivity index (χ2v) is 7.17. The third kappa shape index (κ3) is 4.68. The number of hydrogen-bond donors (Lipinski definition) is 4. The van der Waals surface area contributed by atoms with Crippen molar-refractivity contribution in [3.63, 3.8) is 0 Å². The molecular formula is C24H26N2O5. The molecule has 0 aliphatic carbocycles. The van der Waals surface area contributed by atoms with Crippen LogP contribution in [-0.2, 0) is 0 Å². The van der Waals surface area contributed by atoms with Crippen LogP contribution in [0.5, 0.6) is 23.0 Å². The van der Waals surface area contributed by atoms with E-state index in [4.69, 9.17) is 14.2 Å². The number of aromatic nitrogens is 1. The first-order valence-corrected chi connectivity index (χ1v) is 10.2. The minimum atomic E-state index is -0.694. The summed E-state index contributed by atoms with van der Waals surface area (Å²) in [5, 5.41) is 25.4. The van der Waals surface area contributed by atoms with Crippen LogP contribution >= 0.6 is 0 Å². The number of rotatable bonds is 10. The van der Waals surface area contributed by atoms with E-state index in [1.165, 1.54) is 0 Å². The van der Waals surface area contributed by atoms with Crippen LogP contribution in [0.3, 0.4) is 0 Å². The number of aromatic hydroxyl groups is 1. The van der Waals surface area contributed by atoms with Crippen molar-refractivity contribution in [3.05, 3.63) is 60.7 Å². The first kappa shape index (κ1) is 20.8. The normalized spacial score (nSPS) is 12.2. The highest BCUT2D eigenvalue weighted by atomic mass is 16.5. The van der Waals surface area contributed by atoms with Gasteiger partial charge in [0.1, 0.15) is 30.8 Å². The highest BCUT2D eigenvalue weighted by Gasteiger charge is 2.14. The minimum absolute atomic E-state index is 0.125. The number of aliphatic hydroxyl groups excluding tert-OH is 1. The molecule has 7 heteroatoms. The molecule has 4 aromatic rings. The molecule has 0 aliphatic rings. The first-order chi connectivity index (χ1) is 15.2. The van der Waals surface area contributed by atoms with Crippen molar-refractivity contribution < 1.29 is 24.4 Å². The van der Waals surface area contributed by atoms with Gasteiger partial charge in [-0.1, -0.05) is 30.3 Å². The van der Waals surface area contributed by atoms with E-state index in [0.717, 1.165) is 16.3 Å². The molecule has 31 heavy (non-hydrogen) atoms. The summed E-state index contributed by atoms with van der Waals surface area (Å²) < 4.78 is 16.8. The van der Waals surface area contributed by atoms with E-state index >= 15 is 0 Å². The van der Waals surface area contributed by atoms with Crippen molar-refractivity contribution in [2.24, 2.45) is 0 Å². The summed E-state index contributed by atoms with van der Waals surface area (Å²) in [5.41, 5.74) is 1.54. The number of fused-ring (bicyclic) bond motifs is 3. The Morgan fingerprint density at radius 2 is 1.71 bits per heavy atom. The van der Waals surface area contributed by atoms with Gasteiger partial charge in [0.05, 0.1) is 18.0 Å². The van der Waals surface area contributed by atoms with Gasteiger partial charge in [0.25, 0.3) is 0 Å². The van der Waals surface area contributed by atoms with Gasteiger partial charge in [-0.3, -0.25) is 0 Å². The molecule has 4 rings (SSSR count). The zero-order chi connectivity index (χ0) is 21.6. The summed E-state index contributed by atoms with van der Waals surface area (Å²) in [7, 11) is 1.61. The number of H-pyrrole nitrogens is 1. The van der Waals surface area contributed by atoms with Crippen molar-refractivity contribution in [1.82, 2.24) is 10.3 Å². The topological polar surface area (TPSA) is 96.0 Å². The fourth-order valence-corrected chi connectivity index (χ4v) is 3.52. The van der Waals surface area contributed by atoms with Gasteiger partial charge in [0.15, 0.2) is 11.5 Å². The zero-order valence-corrected chi connectivity index (χ0v) is 17.3. The van der Waals surface area contributed by atoms with Crippen LogP contribution < -0.4 is 19.5 Å². The number of benzene rings is 3. The molecule has 1 heterocycles. The lowest BCUT2D eigenvalue weighted by molar-refractivity contribution is 0.106. The van der Waals surface area contributed by atoms with Crippen molar-refractivity contribution in [1.29, 1.82) is 0 Å². The monoisotopic (exact) mass is 422 g/mol. The van der Waals surface area contributed by atoms with Crippen molar-refractivity contribution in [2.45, 2.75) is 6.10 Å². The molecule has 162 valence electrons. The third-order valence-electron chi connectivity index (χ3n) is 5.02. The number of methoxy groups -OCH3 is 1. The lowest BCUT2D eigenvalue weighted by Crippen LogP contribution is -2.33. The Morgan fingerprint density at radius 3 is 2.55 bits per heavy atom. The highest BCUT2D eigenvalue weighted by Crippen LogP contribution is 2.37. The fourth-order valence-electron chi connectivity index (χ4n) is 3.52. The number of para-hydroxylation sites is 3. The molecule has 0 spiro atoms. The second kappa shape index (κ2) is 9.59. The summed E-state index contributed by atoms with van der Waals surface area (Å²) >= 11 is 0. The van der Waals surface area contributed by atoms with Crippen LogP contribution in [0.15, 0.2) is 60.7 Å². The lowest BCUT2D eigenvalue weighted by Gasteiger charge is -2.15. The van der Waals surface area contributed by atoms with Crippen LogP contribution in [0.4, 0.5) is 0 Å². The maximum atomic E-state index is 10.3. The lowest BCUT2D eigenvalue weighted by atomic mass is 10.1. The Bertz CT molecular complexity index is 1160. The highest BCUT2D eigenvalue weighted by molar-refractivity contribution is 6.12. The second-order valence-electron chi connectivity index (χ2n) is 7.17. The summed E-state index contributed by atoms with van der Waals surface area (Å²) in [5.74, 6) is 2.15. The number of hydrogen-bond acceptors (Lipinski definition) is 6. The van der Waals surface area contributed by atoms with Crippen molar-refractivity contribution in [3.8, 4) is 23.0 Å². The molecule has 3 aromatic carbocycles. The van der Waals surface area contributed by atoms with E-state index in [1.807, 2.05) is 48.5 Å². The van der Waals surface area contributed by atoms with Gasteiger partial charge >= 0.3 is 0 Å². The van der Waals surface area contributed by atoms with Gasteiger partial charge < -0.3 is 34.7 Å². The Kier molecular flexibility index (Phi) is 6.45. The smallest absolute Gasteiger partial charge is 0.161 e. The largest absolute Gasteiger partial charge is 0.506 e. The third-order valence-corrected chi connectivity index (χ3v) is 5.02. The molecule has 0 saturated heterocycles. The van der Waals surface area contributed by atoms with Gasteiger partial charge in [-0.2, -0.15) is 0 Å². The van der Waals surface area contributed by atoms with Gasteiger partial charge in [0, 0.05) is 24.0 Å². The van der Waals surface area contributed by atoms with Gasteiger partial charge in [-0.15, -0.1) is 0 Å². The van der Waals surface area contributed by atoms with Crippen LogP contribution in [0.25, 0.3) is 21.8 Å². The maximum Gasteiger partial charge on any atom is 0.161 e. The summed E-state index contributed by atoms with van der Waals surface area (Å²) in [6, 6.07) is 18.6. The predicted molar refractivity (Wildman–Crippen MR) is 120 cm³/mol. The summed E-state index contributed by atoms with van der Waals surface area (Å²) in [6.45, 7) is 1.51. The van der Waals surface area contributed by atoms with E-state index < -0.39 is 6.10 Å². The molecule has 0 radical (unpaired) electrons. The van der Waals surface area contributed by atoms with E-state index in [0.29, 0.717) is 42.5 Å². The average molecular weight is 422 g/mol. The molecule has 4 N–H and O–H groups in total. The number of ether oxygens (including phenoxy) is 3. The Balaban J connectivity index is 1.29. The molecule has 1 aromatic heterocycles. The predicted octanol–water partition coefficient (Wildman–Crippen LogP) is 3.44. The molecule has 0 bridgehead atoms. The zero-order valence-electron chi connectivity index (χ0n) is 17.3. The van der Waals surface area contributed by atoms with Crippen molar-refractivity contribution >= 4 is 21.8 Å². The average Bonchev–Trinajstić information content (AvgIpc) is 3.19. The molecule has 7 nitrogen and oxygen atoms in total. The van der Waals surface area contributed by atoms with Gasteiger partial charge in [-0.25, -0.2) is 0 Å². The van der Waals surface area contributed by atoms with E-state index in [1.54, 1.807) is 19.2 Å². The van der Waals surface area contributed by atoms with E-state index in [2.05, 4.69) is 10.3 Å². The fraction of sp³-hybridized carbons (Fsp3) is 0.250.